The van der Waals surface area contributed by atoms with Crippen molar-refractivity contribution >= 4 is 23.2 Å². The molecule has 3 rings (SSSR count). The number of para-hydroxylation sites is 2. The van der Waals surface area contributed by atoms with Gasteiger partial charge in [0, 0.05) is 11.4 Å². The average Bonchev–Trinajstić information content (AvgIpc) is 2.91. The van der Waals surface area contributed by atoms with E-state index in [1.165, 1.54) is 0 Å². The number of benzene rings is 3. The van der Waals surface area contributed by atoms with Crippen molar-refractivity contribution in [2.75, 3.05) is 23.8 Å². The van der Waals surface area contributed by atoms with E-state index >= 15 is 0 Å². The maximum absolute atomic E-state index is 12.4. The second kappa shape index (κ2) is 13.3. The molecular weight excluding hydrogens is 452 g/mol. The number of anilines is 2. The quantitative estimate of drug-likeness (QED) is 0.296. The summed E-state index contributed by atoms with van der Waals surface area (Å²) in [6.45, 7) is 8.37. The van der Waals surface area contributed by atoms with Crippen molar-refractivity contribution in [3.63, 3.8) is 0 Å². The normalized spacial score (nSPS) is 12.3. The van der Waals surface area contributed by atoms with Gasteiger partial charge in [0.05, 0.1) is 0 Å². The molecule has 0 spiro atoms. The lowest BCUT2D eigenvalue weighted by Gasteiger charge is -2.16. The van der Waals surface area contributed by atoms with Crippen molar-refractivity contribution < 1.29 is 19.1 Å². The highest BCUT2D eigenvalue weighted by Gasteiger charge is 2.13. The molecule has 0 fully saturated rings. The van der Waals surface area contributed by atoms with Crippen LogP contribution in [0, 0.1) is 0 Å². The summed E-state index contributed by atoms with van der Waals surface area (Å²) in [7, 11) is 0. The molecule has 0 aliphatic carbocycles. The molecule has 2 unspecified atom stereocenters. The Labute approximate surface area is 214 Å². The third kappa shape index (κ3) is 7.60. The molecule has 0 aromatic heterocycles. The maximum atomic E-state index is 12.4. The molecule has 3 aromatic carbocycles. The Kier molecular flexibility index (Phi) is 9.92. The smallest absolute Gasteiger partial charge is 0.262 e. The first-order valence-electron chi connectivity index (χ1n) is 12.5. The fourth-order valence-corrected chi connectivity index (χ4v) is 3.80. The van der Waals surface area contributed by atoms with Crippen molar-refractivity contribution in [3.8, 4) is 11.5 Å². The van der Waals surface area contributed by atoms with E-state index in [0.717, 1.165) is 35.5 Å². The standard InChI is InChI=1S/C30H36N2O4/c1-5-21(3)25-11-7-9-13-27(25)35-19-29(33)31-23-15-17-24(18-16-23)32-30(34)20-36-28-14-10-8-12-26(28)22(4)6-2/h7-18,21-22H,5-6,19-20H2,1-4H3,(H,31,33)(H,32,34). The van der Waals surface area contributed by atoms with Crippen LogP contribution in [-0.4, -0.2) is 25.0 Å². The molecule has 0 saturated carbocycles. The monoisotopic (exact) mass is 488 g/mol. The molecule has 6 heteroatoms. The first kappa shape index (κ1) is 26.8. The van der Waals surface area contributed by atoms with E-state index in [0.29, 0.717) is 23.2 Å². The summed E-state index contributed by atoms with van der Waals surface area (Å²) >= 11 is 0. The van der Waals surface area contributed by atoms with Gasteiger partial charge in [0.2, 0.25) is 0 Å². The second-order valence-corrected chi connectivity index (χ2v) is 8.95. The van der Waals surface area contributed by atoms with E-state index in [1.807, 2.05) is 48.5 Å². The lowest BCUT2D eigenvalue weighted by Crippen LogP contribution is -2.21. The predicted molar refractivity (Wildman–Crippen MR) is 145 cm³/mol. The number of hydrogen-bond donors (Lipinski definition) is 2. The fraction of sp³-hybridized carbons (Fsp3) is 0.333. The van der Waals surface area contributed by atoms with Gasteiger partial charge in [0.15, 0.2) is 13.2 Å². The van der Waals surface area contributed by atoms with E-state index in [2.05, 4.69) is 38.3 Å². The van der Waals surface area contributed by atoms with Gasteiger partial charge in [-0.25, -0.2) is 0 Å². The third-order valence-electron chi connectivity index (χ3n) is 6.29. The molecule has 0 saturated heterocycles. The Bertz CT molecular complexity index is 1050. The molecule has 6 nitrogen and oxygen atoms in total. The molecule has 0 aliphatic heterocycles. The molecule has 36 heavy (non-hydrogen) atoms. The summed E-state index contributed by atoms with van der Waals surface area (Å²) in [4.78, 5) is 24.8. The van der Waals surface area contributed by atoms with Crippen molar-refractivity contribution in [2.45, 2.75) is 52.4 Å². The Balaban J connectivity index is 1.48. The van der Waals surface area contributed by atoms with E-state index < -0.39 is 0 Å². The van der Waals surface area contributed by atoms with Crippen LogP contribution in [0.2, 0.25) is 0 Å². The van der Waals surface area contributed by atoms with E-state index in [4.69, 9.17) is 9.47 Å². The first-order chi connectivity index (χ1) is 17.4. The van der Waals surface area contributed by atoms with Crippen molar-refractivity contribution in [3.05, 3.63) is 83.9 Å². The van der Waals surface area contributed by atoms with Crippen LogP contribution >= 0.6 is 0 Å². The number of hydrogen-bond acceptors (Lipinski definition) is 4. The lowest BCUT2D eigenvalue weighted by molar-refractivity contribution is -0.118. The van der Waals surface area contributed by atoms with Crippen LogP contribution in [0.15, 0.2) is 72.8 Å². The van der Waals surface area contributed by atoms with Crippen LogP contribution in [0.25, 0.3) is 0 Å². The van der Waals surface area contributed by atoms with Crippen molar-refractivity contribution in [1.29, 1.82) is 0 Å². The van der Waals surface area contributed by atoms with Gasteiger partial charge in [-0.05, 0) is 72.2 Å². The Hall–Kier alpha value is -3.80. The molecule has 0 radical (unpaired) electrons. The summed E-state index contributed by atoms with van der Waals surface area (Å²) in [6, 6.07) is 22.5. The number of ether oxygens (including phenoxy) is 2. The van der Waals surface area contributed by atoms with Crippen LogP contribution in [0.4, 0.5) is 11.4 Å². The number of rotatable bonds is 12. The van der Waals surface area contributed by atoms with Gasteiger partial charge >= 0.3 is 0 Å². The highest BCUT2D eigenvalue weighted by molar-refractivity contribution is 5.94. The Morgan fingerprint density at radius 2 is 1.00 bits per heavy atom. The average molecular weight is 489 g/mol. The molecule has 0 heterocycles. The zero-order valence-corrected chi connectivity index (χ0v) is 21.5. The molecule has 2 amide bonds. The van der Waals surface area contributed by atoms with Gasteiger partial charge in [-0.2, -0.15) is 0 Å². The zero-order valence-electron chi connectivity index (χ0n) is 21.5. The summed E-state index contributed by atoms with van der Waals surface area (Å²) in [5, 5.41) is 5.65. The van der Waals surface area contributed by atoms with Gasteiger partial charge in [-0.15, -0.1) is 0 Å². The largest absolute Gasteiger partial charge is 0.483 e. The highest BCUT2D eigenvalue weighted by Crippen LogP contribution is 2.29. The van der Waals surface area contributed by atoms with E-state index in [-0.39, 0.29) is 25.0 Å². The lowest BCUT2D eigenvalue weighted by atomic mass is 9.98. The predicted octanol–water partition coefficient (Wildman–Crippen LogP) is 6.75. The minimum absolute atomic E-state index is 0.0819. The molecule has 0 aliphatic rings. The number of carbonyl (C=O) groups is 2. The van der Waals surface area contributed by atoms with Gasteiger partial charge in [0.1, 0.15) is 11.5 Å². The minimum Gasteiger partial charge on any atom is -0.483 e. The van der Waals surface area contributed by atoms with E-state index in [9.17, 15) is 9.59 Å². The molecular formula is C30H36N2O4. The molecule has 0 bridgehead atoms. The van der Waals surface area contributed by atoms with Gasteiger partial charge in [-0.1, -0.05) is 64.1 Å². The number of nitrogens with one attached hydrogen (secondary N) is 2. The van der Waals surface area contributed by atoms with Crippen LogP contribution in [0.3, 0.4) is 0 Å². The van der Waals surface area contributed by atoms with E-state index in [1.54, 1.807) is 24.3 Å². The van der Waals surface area contributed by atoms with Crippen molar-refractivity contribution in [2.24, 2.45) is 0 Å². The summed E-state index contributed by atoms with van der Waals surface area (Å²) in [6.07, 6.45) is 1.99. The first-order valence-corrected chi connectivity index (χ1v) is 12.5. The van der Waals surface area contributed by atoms with Gasteiger partial charge in [-0.3, -0.25) is 9.59 Å². The second-order valence-electron chi connectivity index (χ2n) is 8.95. The zero-order chi connectivity index (χ0) is 25.9. The SMILES string of the molecule is CCC(C)c1ccccc1OCC(=O)Nc1ccc(NC(=O)COc2ccccc2C(C)CC)cc1. The summed E-state index contributed by atoms with van der Waals surface area (Å²) < 4.78 is 11.6. The van der Waals surface area contributed by atoms with Gasteiger partial charge < -0.3 is 20.1 Å². The number of carbonyl (C=O) groups excluding carboxylic acids is 2. The summed E-state index contributed by atoms with van der Waals surface area (Å²) in [5.41, 5.74) is 3.44. The minimum atomic E-state index is -0.251. The number of amides is 2. The Morgan fingerprint density at radius 1 is 0.639 bits per heavy atom. The van der Waals surface area contributed by atoms with Gasteiger partial charge in [0.25, 0.3) is 11.8 Å². The molecule has 3 aromatic rings. The highest BCUT2D eigenvalue weighted by atomic mass is 16.5. The third-order valence-corrected chi connectivity index (χ3v) is 6.29. The van der Waals surface area contributed by atoms with Crippen LogP contribution in [0.5, 0.6) is 11.5 Å². The topological polar surface area (TPSA) is 76.7 Å². The molecule has 2 N–H and O–H groups in total. The Morgan fingerprint density at radius 3 is 1.36 bits per heavy atom. The molecule has 2 atom stereocenters. The fourth-order valence-electron chi connectivity index (χ4n) is 3.80. The van der Waals surface area contributed by atoms with Crippen LogP contribution in [0.1, 0.15) is 63.5 Å². The summed E-state index contributed by atoms with van der Waals surface area (Å²) in [5.74, 6) is 1.67. The van der Waals surface area contributed by atoms with Crippen LogP contribution in [-0.2, 0) is 9.59 Å². The van der Waals surface area contributed by atoms with Crippen LogP contribution < -0.4 is 20.1 Å². The maximum Gasteiger partial charge on any atom is 0.262 e. The van der Waals surface area contributed by atoms with Crippen molar-refractivity contribution in [1.82, 2.24) is 0 Å². The molecule has 190 valence electrons.